The molecular formula is C43H26N4O. The van der Waals surface area contributed by atoms with Crippen LogP contribution in [0.2, 0.25) is 0 Å². The number of fused-ring (bicyclic) bond motifs is 10. The first-order valence-electron chi connectivity index (χ1n) is 16.0. The molecular weight excluding hydrogens is 589 g/mol. The van der Waals surface area contributed by atoms with E-state index in [0.29, 0.717) is 11.8 Å². The van der Waals surface area contributed by atoms with E-state index in [1.165, 1.54) is 10.8 Å². The Morgan fingerprint density at radius 3 is 1.58 bits per heavy atom. The van der Waals surface area contributed by atoms with Crippen LogP contribution in [-0.2, 0) is 0 Å². The zero-order chi connectivity index (χ0) is 31.6. The zero-order valence-electron chi connectivity index (χ0n) is 25.7. The summed E-state index contributed by atoms with van der Waals surface area (Å²) in [6, 6.07) is 54.2. The fraction of sp³-hybridized carbons (Fsp3) is 0. The Hall–Kier alpha value is -6.59. The van der Waals surface area contributed by atoms with Crippen molar-refractivity contribution in [3.05, 3.63) is 158 Å². The third-order valence-corrected chi connectivity index (χ3v) is 9.23. The molecule has 224 valence electrons. The number of rotatable bonds is 4. The van der Waals surface area contributed by atoms with E-state index in [4.69, 9.17) is 19.4 Å². The Kier molecular flexibility index (Phi) is 5.81. The first-order valence-corrected chi connectivity index (χ1v) is 16.0. The Labute approximate surface area is 275 Å². The predicted octanol–water partition coefficient (Wildman–Crippen LogP) is 11.0. The van der Waals surface area contributed by atoms with Crippen molar-refractivity contribution in [1.82, 2.24) is 19.5 Å². The van der Waals surface area contributed by atoms with Crippen molar-refractivity contribution in [2.75, 3.05) is 0 Å². The highest BCUT2D eigenvalue weighted by Gasteiger charge is 2.25. The second kappa shape index (κ2) is 10.5. The van der Waals surface area contributed by atoms with Crippen LogP contribution in [0.25, 0.3) is 94.4 Å². The molecule has 7 aromatic carbocycles. The lowest BCUT2D eigenvalue weighted by Gasteiger charge is -2.13. The van der Waals surface area contributed by atoms with Gasteiger partial charge in [-0.2, -0.15) is 0 Å². The summed E-state index contributed by atoms with van der Waals surface area (Å²) in [5.41, 5.74) is 8.25. The van der Waals surface area contributed by atoms with E-state index >= 15 is 0 Å². The summed E-state index contributed by atoms with van der Waals surface area (Å²) in [5, 5.41) is 6.70. The van der Waals surface area contributed by atoms with Gasteiger partial charge in [-0.25, -0.2) is 15.0 Å². The molecule has 0 saturated heterocycles. The molecule has 0 aliphatic heterocycles. The molecule has 5 nitrogen and oxygen atoms in total. The molecule has 0 unspecified atom stereocenters. The number of hydrogen-bond donors (Lipinski definition) is 0. The van der Waals surface area contributed by atoms with Crippen LogP contribution in [0.4, 0.5) is 0 Å². The molecule has 0 amide bonds. The van der Waals surface area contributed by atoms with Gasteiger partial charge in [0.15, 0.2) is 5.58 Å². The van der Waals surface area contributed by atoms with Crippen LogP contribution >= 0.6 is 0 Å². The average Bonchev–Trinajstić information content (AvgIpc) is 3.76. The van der Waals surface area contributed by atoms with Gasteiger partial charge in [-0.1, -0.05) is 127 Å². The van der Waals surface area contributed by atoms with Gasteiger partial charge in [-0.3, -0.25) is 4.57 Å². The van der Waals surface area contributed by atoms with Crippen molar-refractivity contribution < 1.29 is 4.42 Å². The van der Waals surface area contributed by atoms with Crippen molar-refractivity contribution in [1.29, 1.82) is 0 Å². The number of nitrogens with zero attached hydrogens (tertiary/aromatic N) is 4. The van der Waals surface area contributed by atoms with Gasteiger partial charge in [0.05, 0.1) is 27.8 Å². The third-order valence-electron chi connectivity index (χ3n) is 9.23. The van der Waals surface area contributed by atoms with Crippen LogP contribution in [0.3, 0.4) is 0 Å². The lowest BCUT2D eigenvalue weighted by Crippen LogP contribution is -2.04. The van der Waals surface area contributed by atoms with Crippen LogP contribution in [0, 0.1) is 0 Å². The van der Waals surface area contributed by atoms with Gasteiger partial charge in [0, 0.05) is 27.5 Å². The second-order valence-electron chi connectivity index (χ2n) is 12.0. The largest absolute Gasteiger partial charge is 0.435 e. The Balaban J connectivity index is 1.40. The summed E-state index contributed by atoms with van der Waals surface area (Å²) in [6.07, 6.45) is 0. The summed E-state index contributed by atoms with van der Waals surface area (Å²) in [4.78, 5) is 15.6. The molecule has 0 N–H and O–H groups in total. The van der Waals surface area contributed by atoms with Gasteiger partial charge in [0.1, 0.15) is 5.52 Å². The monoisotopic (exact) mass is 614 g/mol. The van der Waals surface area contributed by atoms with E-state index in [1.807, 2.05) is 72.8 Å². The summed E-state index contributed by atoms with van der Waals surface area (Å²) >= 11 is 0. The third kappa shape index (κ3) is 4.01. The maximum absolute atomic E-state index is 6.71. The number of aromatic nitrogens is 4. The fourth-order valence-corrected chi connectivity index (χ4v) is 7.10. The highest BCUT2D eigenvalue weighted by atomic mass is 16.3. The first kappa shape index (κ1) is 26.6. The van der Waals surface area contributed by atoms with Crippen LogP contribution in [-0.4, -0.2) is 19.5 Å². The fourth-order valence-electron chi connectivity index (χ4n) is 7.10. The molecule has 0 atom stereocenters. The van der Waals surface area contributed by atoms with Crippen LogP contribution in [0.5, 0.6) is 0 Å². The van der Waals surface area contributed by atoms with Crippen molar-refractivity contribution in [2.24, 2.45) is 0 Å². The lowest BCUT2D eigenvalue weighted by molar-refractivity contribution is 0.623. The van der Waals surface area contributed by atoms with Gasteiger partial charge < -0.3 is 4.42 Å². The topological polar surface area (TPSA) is 56.7 Å². The van der Waals surface area contributed by atoms with Crippen molar-refractivity contribution in [2.45, 2.75) is 0 Å². The zero-order valence-corrected chi connectivity index (χ0v) is 25.7. The molecule has 3 heterocycles. The Morgan fingerprint density at radius 1 is 0.438 bits per heavy atom. The Bertz CT molecular complexity index is 2760. The average molecular weight is 615 g/mol. The second-order valence-corrected chi connectivity index (χ2v) is 12.0. The molecule has 0 aliphatic carbocycles. The van der Waals surface area contributed by atoms with E-state index in [9.17, 15) is 0 Å². The van der Waals surface area contributed by atoms with Gasteiger partial charge in [0.2, 0.25) is 11.8 Å². The molecule has 48 heavy (non-hydrogen) atoms. The SMILES string of the molecule is c1ccc(-c2cc(-c3ccccc3)nc(-n3c4ccc5nc(-c6ccccc6)oc5c4c4c5ccccc5c5ccccc5c43)n2)cc1. The van der Waals surface area contributed by atoms with Gasteiger partial charge in [0.25, 0.3) is 0 Å². The van der Waals surface area contributed by atoms with Crippen molar-refractivity contribution in [3.8, 4) is 39.9 Å². The molecule has 0 aliphatic rings. The van der Waals surface area contributed by atoms with Gasteiger partial charge in [-0.05, 0) is 46.5 Å². The number of oxazole rings is 1. The highest BCUT2D eigenvalue weighted by molar-refractivity contribution is 6.35. The normalized spacial score (nSPS) is 11.8. The molecule has 0 fully saturated rings. The van der Waals surface area contributed by atoms with Gasteiger partial charge in [-0.15, -0.1) is 0 Å². The molecule has 0 saturated carbocycles. The van der Waals surface area contributed by atoms with Gasteiger partial charge >= 0.3 is 0 Å². The molecule has 0 radical (unpaired) electrons. The Morgan fingerprint density at radius 2 is 0.958 bits per heavy atom. The molecule has 5 heteroatoms. The molecule has 3 aromatic heterocycles. The lowest BCUT2D eigenvalue weighted by atomic mass is 9.96. The smallest absolute Gasteiger partial charge is 0.235 e. The maximum Gasteiger partial charge on any atom is 0.235 e. The summed E-state index contributed by atoms with van der Waals surface area (Å²) < 4.78 is 8.93. The standard InChI is InChI=1S/C43H26N4O/c1-4-14-27(15-5-1)35-26-36(28-16-6-2-7-17-28)46-43(45-35)47-37-25-24-34-41(48-42(44-34)29-18-8-3-9-19-29)39(37)38-32-22-12-10-20-30(32)31-21-11-13-23-33(31)40(38)47/h1-26H. The van der Waals surface area contributed by atoms with E-state index in [0.717, 1.165) is 71.8 Å². The van der Waals surface area contributed by atoms with Crippen molar-refractivity contribution in [3.63, 3.8) is 0 Å². The van der Waals surface area contributed by atoms with E-state index in [2.05, 4.69) is 89.5 Å². The number of benzene rings is 7. The minimum Gasteiger partial charge on any atom is -0.435 e. The molecule has 0 bridgehead atoms. The van der Waals surface area contributed by atoms with E-state index < -0.39 is 0 Å². The summed E-state index contributed by atoms with van der Waals surface area (Å²) in [5.74, 6) is 1.19. The van der Waals surface area contributed by atoms with E-state index in [-0.39, 0.29) is 0 Å². The maximum atomic E-state index is 6.71. The van der Waals surface area contributed by atoms with Crippen LogP contribution in [0.1, 0.15) is 0 Å². The highest BCUT2D eigenvalue weighted by Crippen LogP contribution is 2.45. The summed E-state index contributed by atoms with van der Waals surface area (Å²) in [6.45, 7) is 0. The van der Waals surface area contributed by atoms with Crippen LogP contribution < -0.4 is 0 Å². The molecule has 10 rings (SSSR count). The van der Waals surface area contributed by atoms with E-state index in [1.54, 1.807) is 0 Å². The molecule has 0 spiro atoms. The molecule has 10 aromatic rings. The first-order chi connectivity index (χ1) is 23.8. The van der Waals surface area contributed by atoms with Crippen LogP contribution in [0.15, 0.2) is 162 Å². The quantitative estimate of drug-likeness (QED) is 0.185. The summed E-state index contributed by atoms with van der Waals surface area (Å²) in [7, 11) is 0. The minimum atomic E-state index is 0.595. The predicted molar refractivity (Wildman–Crippen MR) is 195 cm³/mol. The number of hydrogen-bond acceptors (Lipinski definition) is 4. The van der Waals surface area contributed by atoms with Crippen molar-refractivity contribution >= 4 is 54.5 Å². The minimum absolute atomic E-state index is 0.595.